The van der Waals surface area contributed by atoms with Crippen molar-refractivity contribution in [3.05, 3.63) is 165 Å². The molecule has 2 aliphatic heterocycles. The Morgan fingerprint density at radius 3 is 1.18 bits per heavy atom. The number of imide groups is 2. The van der Waals surface area contributed by atoms with Crippen molar-refractivity contribution in [3.63, 3.8) is 0 Å². The van der Waals surface area contributed by atoms with Gasteiger partial charge in [0.15, 0.2) is 0 Å². The fraction of sp³-hybridized carbons (Fsp3) is 0.0909. The van der Waals surface area contributed by atoms with E-state index in [0.717, 1.165) is 43.2 Å². The third-order valence-corrected chi connectivity index (χ3v) is 9.83. The molecular formula is C44H32N6O6. The number of nitrogens with zero attached hydrogens (tertiary/aromatic N) is 4. The Bertz CT molecular complexity index is 2520. The molecule has 274 valence electrons. The van der Waals surface area contributed by atoms with E-state index in [1.54, 1.807) is 48.8 Å². The summed E-state index contributed by atoms with van der Waals surface area (Å²) in [7, 11) is 0. The molecule has 2 N–H and O–H groups in total. The first kappa shape index (κ1) is 35.4. The Morgan fingerprint density at radius 2 is 0.821 bits per heavy atom. The first-order valence-electron chi connectivity index (χ1n) is 17.6. The third-order valence-electron chi connectivity index (χ3n) is 9.83. The van der Waals surface area contributed by atoms with E-state index in [1.807, 2.05) is 52.0 Å². The Morgan fingerprint density at radius 1 is 0.446 bits per heavy atom. The minimum atomic E-state index is -0.544. The molecule has 12 nitrogen and oxygen atoms in total. The van der Waals surface area contributed by atoms with Gasteiger partial charge >= 0.3 is 0 Å². The second-order valence-electron chi connectivity index (χ2n) is 13.8. The van der Waals surface area contributed by atoms with Gasteiger partial charge in [-0.1, -0.05) is 24.3 Å². The molecule has 12 heteroatoms. The number of pyridine rings is 2. The summed E-state index contributed by atoms with van der Waals surface area (Å²) in [6.45, 7) is 7.49. The fourth-order valence-electron chi connectivity index (χ4n) is 6.87. The van der Waals surface area contributed by atoms with Crippen LogP contribution >= 0.6 is 0 Å². The molecule has 0 spiro atoms. The molecule has 4 heterocycles. The molecule has 6 amide bonds. The molecule has 0 saturated heterocycles. The van der Waals surface area contributed by atoms with E-state index >= 15 is 0 Å². The fourth-order valence-corrected chi connectivity index (χ4v) is 6.87. The Kier molecular flexibility index (Phi) is 8.65. The van der Waals surface area contributed by atoms with Crippen LogP contribution in [0.15, 0.2) is 109 Å². The minimum Gasteiger partial charge on any atom is -0.307 e. The van der Waals surface area contributed by atoms with E-state index in [4.69, 9.17) is 0 Å². The number of hydrogen-bond donors (Lipinski definition) is 2. The lowest BCUT2D eigenvalue weighted by Crippen LogP contribution is -2.29. The van der Waals surface area contributed by atoms with E-state index in [1.165, 1.54) is 36.4 Å². The molecule has 6 aromatic rings. The second kappa shape index (κ2) is 13.7. The smallest absolute Gasteiger partial charge is 0.266 e. The highest BCUT2D eigenvalue weighted by molar-refractivity contribution is 6.36. The first-order valence-corrected chi connectivity index (χ1v) is 17.6. The Hall–Kier alpha value is -7.60. The van der Waals surface area contributed by atoms with Gasteiger partial charge in [-0.15, -0.1) is 0 Å². The highest BCUT2D eigenvalue weighted by atomic mass is 16.2. The molecule has 2 aromatic heterocycles. The standard InChI is InChI=1S/C44H32N6O6/c1-23-5-15-37(45-21-23)47-39(51)27-7-11-33-35(19-27)43(55)49(41(33)53)29-9-13-31(25(3)17-29)32-14-10-30(18-26(32)4)50-42(54)34-12-8-28(20-36(34)44(50)56)40(52)48-38-16-6-24(2)22-46-38/h5-22H,1-4H3,(H,45,47,51)(H,46,48,52). The van der Waals surface area contributed by atoms with Gasteiger partial charge in [-0.05, 0) is 134 Å². The van der Waals surface area contributed by atoms with Crippen LogP contribution in [-0.4, -0.2) is 45.4 Å². The van der Waals surface area contributed by atoms with E-state index in [0.29, 0.717) is 23.0 Å². The van der Waals surface area contributed by atoms with Gasteiger partial charge in [-0.2, -0.15) is 0 Å². The lowest BCUT2D eigenvalue weighted by Gasteiger charge is -2.19. The maximum absolute atomic E-state index is 13.6. The highest BCUT2D eigenvalue weighted by Gasteiger charge is 2.39. The van der Waals surface area contributed by atoms with Gasteiger partial charge in [-0.3, -0.25) is 28.8 Å². The van der Waals surface area contributed by atoms with Crippen LogP contribution in [0.4, 0.5) is 23.0 Å². The van der Waals surface area contributed by atoms with Crippen molar-refractivity contribution in [3.8, 4) is 11.1 Å². The van der Waals surface area contributed by atoms with Gasteiger partial charge in [0.2, 0.25) is 0 Å². The van der Waals surface area contributed by atoms with Crippen molar-refractivity contribution >= 4 is 58.5 Å². The Labute approximate surface area is 320 Å². The van der Waals surface area contributed by atoms with Crippen molar-refractivity contribution in [2.75, 3.05) is 20.4 Å². The number of amides is 6. The van der Waals surface area contributed by atoms with Crippen LogP contribution in [0.5, 0.6) is 0 Å². The maximum atomic E-state index is 13.6. The van der Waals surface area contributed by atoms with Crippen LogP contribution in [0.25, 0.3) is 11.1 Å². The van der Waals surface area contributed by atoms with E-state index in [2.05, 4.69) is 20.6 Å². The number of fused-ring (bicyclic) bond motifs is 2. The lowest BCUT2D eigenvalue weighted by atomic mass is 9.95. The lowest BCUT2D eigenvalue weighted by molar-refractivity contribution is 0.0910. The zero-order valence-electron chi connectivity index (χ0n) is 30.6. The number of carbonyl (C=O) groups is 6. The summed E-state index contributed by atoms with van der Waals surface area (Å²) in [6.07, 6.45) is 3.26. The zero-order chi connectivity index (χ0) is 39.4. The molecule has 56 heavy (non-hydrogen) atoms. The molecule has 8 rings (SSSR count). The van der Waals surface area contributed by atoms with Crippen LogP contribution in [0.3, 0.4) is 0 Å². The van der Waals surface area contributed by atoms with Crippen LogP contribution in [0.2, 0.25) is 0 Å². The minimum absolute atomic E-state index is 0.125. The average molecular weight is 741 g/mol. The predicted octanol–water partition coefficient (Wildman–Crippen LogP) is 7.48. The van der Waals surface area contributed by atoms with Gasteiger partial charge < -0.3 is 10.6 Å². The number of anilines is 4. The quantitative estimate of drug-likeness (QED) is 0.159. The summed E-state index contributed by atoms with van der Waals surface area (Å²) in [5, 5.41) is 5.42. The second-order valence-corrected chi connectivity index (χ2v) is 13.8. The van der Waals surface area contributed by atoms with Crippen LogP contribution in [0.1, 0.15) is 84.4 Å². The van der Waals surface area contributed by atoms with Crippen molar-refractivity contribution in [1.82, 2.24) is 9.97 Å². The molecule has 0 fully saturated rings. The summed E-state index contributed by atoms with van der Waals surface area (Å²) < 4.78 is 0. The zero-order valence-corrected chi connectivity index (χ0v) is 30.6. The summed E-state index contributed by atoms with van der Waals surface area (Å²) in [4.78, 5) is 90.6. The molecule has 0 aliphatic carbocycles. The topological polar surface area (TPSA) is 159 Å². The van der Waals surface area contributed by atoms with E-state index in [-0.39, 0.29) is 33.4 Å². The van der Waals surface area contributed by atoms with Gasteiger partial charge in [0, 0.05) is 23.5 Å². The van der Waals surface area contributed by atoms with Crippen molar-refractivity contribution < 1.29 is 28.8 Å². The maximum Gasteiger partial charge on any atom is 0.266 e. The Balaban J connectivity index is 0.994. The number of hydrogen-bond acceptors (Lipinski definition) is 8. The summed E-state index contributed by atoms with van der Waals surface area (Å²) in [5.41, 5.74) is 6.87. The monoisotopic (exact) mass is 740 g/mol. The summed E-state index contributed by atoms with van der Waals surface area (Å²) in [5.74, 6) is -2.28. The molecule has 4 aromatic carbocycles. The van der Waals surface area contributed by atoms with Gasteiger partial charge in [-0.25, -0.2) is 19.8 Å². The third kappa shape index (κ3) is 6.18. The number of aromatic nitrogens is 2. The number of benzene rings is 4. The molecule has 0 saturated carbocycles. The first-order chi connectivity index (χ1) is 26.9. The predicted molar refractivity (Wildman–Crippen MR) is 210 cm³/mol. The number of aryl methyl sites for hydroxylation is 4. The SMILES string of the molecule is Cc1ccc(NC(=O)c2ccc3c(c2)C(=O)N(c2ccc(-c4ccc(N5C(=O)c6ccc(C(=O)Nc7ccc(C)cn7)cc6C5=O)cc4C)c(C)c2)C3=O)nc1. The van der Waals surface area contributed by atoms with Crippen molar-refractivity contribution in [2.24, 2.45) is 0 Å². The molecule has 0 atom stereocenters. The summed E-state index contributed by atoms with van der Waals surface area (Å²) in [6, 6.07) is 26.3. The molecule has 0 radical (unpaired) electrons. The molecule has 2 aliphatic rings. The highest BCUT2D eigenvalue weighted by Crippen LogP contribution is 2.37. The van der Waals surface area contributed by atoms with Crippen LogP contribution < -0.4 is 20.4 Å². The van der Waals surface area contributed by atoms with Crippen LogP contribution in [-0.2, 0) is 0 Å². The normalized spacial score (nSPS) is 13.2. The largest absolute Gasteiger partial charge is 0.307 e. The van der Waals surface area contributed by atoms with Gasteiger partial charge in [0.25, 0.3) is 35.4 Å². The number of rotatable bonds is 7. The number of nitrogens with one attached hydrogen (secondary N) is 2. The molecule has 0 unspecified atom stereocenters. The summed E-state index contributed by atoms with van der Waals surface area (Å²) >= 11 is 0. The average Bonchev–Trinajstić information content (AvgIpc) is 3.59. The van der Waals surface area contributed by atoms with Gasteiger partial charge in [0.1, 0.15) is 11.6 Å². The van der Waals surface area contributed by atoms with Gasteiger partial charge in [0.05, 0.1) is 33.6 Å². The number of carbonyl (C=O) groups excluding carboxylic acids is 6. The van der Waals surface area contributed by atoms with Crippen LogP contribution in [0, 0.1) is 27.7 Å². The van der Waals surface area contributed by atoms with Crippen molar-refractivity contribution in [2.45, 2.75) is 27.7 Å². The molecule has 0 bridgehead atoms. The molecular weight excluding hydrogens is 709 g/mol. The van der Waals surface area contributed by atoms with Crippen molar-refractivity contribution in [1.29, 1.82) is 0 Å². The van der Waals surface area contributed by atoms with E-state index in [9.17, 15) is 28.8 Å². The van der Waals surface area contributed by atoms with E-state index < -0.39 is 35.4 Å².